The lowest BCUT2D eigenvalue weighted by Gasteiger charge is -2.18. The molecule has 0 aliphatic rings. The van der Waals surface area contributed by atoms with Crippen LogP contribution in [-0.2, 0) is 0 Å². The summed E-state index contributed by atoms with van der Waals surface area (Å²) in [5.74, 6) is -0.946. The van der Waals surface area contributed by atoms with Crippen LogP contribution in [0.5, 0.6) is 0 Å². The summed E-state index contributed by atoms with van der Waals surface area (Å²) >= 11 is 5.74. The van der Waals surface area contributed by atoms with Crippen LogP contribution in [0.4, 0.5) is 27.1 Å². The van der Waals surface area contributed by atoms with Crippen molar-refractivity contribution in [2.45, 2.75) is 0 Å². The van der Waals surface area contributed by atoms with E-state index in [0.717, 1.165) is 12.1 Å². The van der Waals surface area contributed by atoms with Gasteiger partial charge < -0.3 is 16.0 Å². The molecule has 142 valence electrons. The van der Waals surface area contributed by atoms with Gasteiger partial charge in [0.05, 0.1) is 21.6 Å². The van der Waals surface area contributed by atoms with Crippen LogP contribution in [0.3, 0.4) is 0 Å². The number of aliphatic imine (C=N–C) groups is 1. The van der Waals surface area contributed by atoms with Crippen molar-refractivity contribution in [3.8, 4) is 0 Å². The molecular weight excluding hydrogens is 383 g/mol. The minimum atomic E-state index is -0.842. The van der Waals surface area contributed by atoms with Crippen molar-refractivity contribution in [3.63, 3.8) is 0 Å². The monoisotopic (exact) mass is 396 g/mol. The first-order chi connectivity index (χ1) is 12.7. The van der Waals surface area contributed by atoms with Crippen molar-refractivity contribution in [2.24, 2.45) is 10.7 Å². The van der Waals surface area contributed by atoms with E-state index in [4.69, 9.17) is 17.3 Å². The molecule has 0 spiro atoms. The van der Waals surface area contributed by atoms with E-state index in [2.05, 4.69) is 10.3 Å². The molecule has 0 aromatic heterocycles. The van der Waals surface area contributed by atoms with E-state index in [1.807, 2.05) is 0 Å². The molecule has 0 aliphatic heterocycles. The van der Waals surface area contributed by atoms with Crippen LogP contribution in [0.2, 0.25) is 5.02 Å². The van der Waals surface area contributed by atoms with Gasteiger partial charge in [-0.2, -0.15) is 0 Å². The third-order valence-corrected chi connectivity index (χ3v) is 3.75. The van der Waals surface area contributed by atoms with E-state index in [-0.39, 0.29) is 34.7 Å². The first-order valence-electron chi connectivity index (χ1n) is 7.36. The van der Waals surface area contributed by atoms with E-state index < -0.39 is 21.4 Å². The zero-order valence-electron chi connectivity index (χ0n) is 13.9. The number of nitro groups is 2. The lowest BCUT2D eigenvalue weighted by molar-refractivity contribution is -0.385. The van der Waals surface area contributed by atoms with Crippen molar-refractivity contribution < 1.29 is 14.2 Å². The van der Waals surface area contributed by atoms with Crippen molar-refractivity contribution in [3.05, 3.63) is 67.5 Å². The molecule has 2 rings (SSSR count). The van der Waals surface area contributed by atoms with Crippen LogP contribution in [0.15, 0.2) is 41.4 Å². The Morgan fingerprint density at radius 1 is 1.26 bits per heavy atom. The average molecular weight is 397 g/mol. The second kappa shape index (κ2) is 8.27. The lowest BCUT2D eigenvalue weighted by atomic mass is 10.2. The maximum Gasteiger partial charge on any atom is 0.293 e. The molecule has 0 atom stereocenters. The first kappa shape index (κ1) is 19.8. The number of non-ortho nitro benzene ring substituents is 1. The number of nitrogens with two attached hydrogens (primary N) is 1. The molecule has 10 nitrogen and oxygen atoms in total. The highest BCUT2D eigenvalue weighted by Crippen LogP contribution is 2.27. The minimum absolute atomic E-state index is 0.0145. The highest BCUT2D eigenvalue weighted by Gasteiger charge is 2.16. The van der Waals surface area contributed by atoms with Gasteiger partial charge in [0, 0.05) is 24.2 Å². The Hall–Kier alpha value is -3.47. The van der Waals surface area contributed by atoms with E-state index in [1.165, 1.54) is 36.2 Å². The van der Waals surface area contributed by atoms with Gasteiger partial charge in [-0.1, -0.05) is 11.6 Å². The maximum absolute atomic E-state index is 14.0. The molecule has 0 radical (unpaired) electrons. The number of hydrogen-bond acceptors (Lipinski definition) is 6. The number of guanidine groups is 1. The quantitative estimate of drug-likeness (QED) is 0.331. The van der Waals surface area contributed by atoms with Crippen molar-refractivity contribution in [1.29, 1.82) is 0 Å². The summed E-state index contributed by atoms with van der Waals surface area (Å²) in [7, 11) is 1.42. The third kappa shape index (κ3) is 4.79. The number of hydrogen-bond donors (Lipinski definition) is 2. The molecular formula is C15H14ClFN6O4. The first-order valence-corrected chi connectivity index (χ1v) is 7.74. The van der Waals surface area contributed by atoms with Crippen LogP contribution in [0, 0.1) is 26.0 Å². The topological polar surface area (TPSA) is 140 Å². The molecule has 0 saturated heterocycles. The Morgan fingerprint density at radius 2 is 1.96 bits per heavy atom. The van der Waals surface area contributed by atoms with E-state index in [0.29, 0.717) is 0 Å². The summed E-state index contributed by atoms with van der Waals surface area (Å²) in [5.41, 5.74) is 5.33. The van der Waals surface area contributed by atoms with Gasteiger partial charge in [-0.3, -0.25) is 20.2 Å². The summed E-state index contributed by atoms with van der Waals surface area (Å²) in [4.78, 5) is 25.5. The molecule has 0 heterocycles. The average Bonchev–Trinajstić information content (AvgIpc) is 2.61. The van der Waals surface area contributed by atoms with Gasteiger partial charge in [0.1, 0.15) is 12.4 Å². The number of nitrogens with zero attached hydrogens (tertiary/aromatic N) is 4. The molecule has 2 aromatic rings. The summed E-state index contributed by atoms with van der Waals surface area (Å²) in [6, 6.07) is 7.20. The zero-order valence-corrected chi connectivity index (χ0v) is 14.7. The molecule has 3 N–H and O–H groups in total. The van der Waals surface area contributed by atoms with Crippen LogP contribution < -0.4 is 16.0 Å². The fraction of sp³-hybridized carbons (Fsp3) is 0.133. The highest BCUT2D eigenvalue weighted by atomic mass is 35.5. The van der Waals surface area contributed by atoms with Gasteiger partial charge in [-0.25, -0.2) is 9.38 Å². The third-order valence-electron chi connectivity index (χ3n) is 3.51. The van der Waals surface area contributed by atoms with Crippen LogP contribution in [0.1, 0.15) is 0 Å². The summed E-state index contributed by atoms with van der Waals surface area (Å²) in [5, 5.41) is 24.6. The molecule has 27 heavy (non-hydrogen) atoms. The standard InChI is InChI=1S/C15H14ClFN6O4/c1-21(13-5-3-10(22(24)25)7-11(13)17)15(18)20-8-19-12-4-2-9(16)6-14(12)23(26)27/h2-7,19H,8H2,1H3,(H2,18,20). The number of nitrogens with one attached hydrogen (secondary N) is 1. The van der Waals surface area contributed by atoms with Crippen LogP contribution in [0.25, 0.3) is 0 Å². The molecule has 0 saturated carbocycles. The highest BCUT2D eigenvalue weighted by molar-refractivity contribution is 6.30. The van der Waals surface area contributed by atoms with E-state index in [1.54, 1.807) is 0 Å². The van der Waals surface area contributed by atoms with Gasteiger partial charge in [-0.05, 0) is 18.2 Å². The van der Waals surface area contributed by atoms with Gasteiger partial charge >= 0.3 is 0 Å². The molecule has 0 fully saturated rings. The minimum Gasteiger partial charge on any atom is -0.369 e. The largest absolute Gasteiger partial charge is 0.369 e. The van der Waals surface area contributed by atoms with Gasteiger partial charge in [-0.15, -0.1) is 0 Å². The maximum atomic E-state index is 14.0. The number of benzene rings is 2. The van der Waals surface area contributed by atoms with E-state index >= 15 is 0 Å². The SMILES string of the molecule is CN(C(N)=NCNc1ccc(Cl)cc1[N+](=O)[O-])c1ccc([N+](=O)[O-])cc1F. The summed E-state index contributed by atoms with van der Waals surface area (Å²) in [6.45, 7) is -0.132. The molecule has 0 aliphatic carbocycles. The number of halogens is 2. The Bertz CT molecular complexity index is 923. The lowest BCUT2D eigenvalue weighted by Crippen LogP contribution is -2.35. The van der Waals surface area contributed by atoms with Gasteiger partial charge in [0.25, 0.3) is 11.4 Å². The Balaban J connectivity index is 2.12. The van der Waals surface area contributed by atoms with Crippen LogP contribution >= 0.6 is 11.6 Å². The summed E-state index contributed by atoms with van der Waals surface area (Å²) in [6.07, 6.45) is 0. The summed E-state index contributed by atoms with van der Waals surface area (Å²) < 4.78 is 14.0. The Morgan fingerprint density at radius 3 is 2.56 bits per heavy atom. The predicted molar refractivity (Wildman–Crippen MR) is 99.7 cm³/mol. The second-order valence-electron chi connectivity index (χ2n) is 5.22. The molecule has 2 aromatic carbocycles. The smallest absolute Gasteiger partial charge is 0.293 e. The Kier molecular flexibility index (Phi) is 6.08. The fourth-order valence-corrected chi connectivity index (χ4v) is 2.29. The molecule has 0 bridgehead atoms. The van der Waals surface area contributed by atoms with Crippen molar-refractivity contribution >= 4 is 40.3 Å². The van der Waals surface area contributed by atoms with Gasteiger partial charge in [0.15, 0.2) is 11.8 Å². The van der Waals surface area contributed by atoms with Crippen LogP contribution in [-0.4, -0.2) is 29.5 Å². The van der Waals surface area contributed by atoms with Gasteiger partial charge in [0.2, 0.25) is 0 Å². The zero-order chi connectivity index (χ0) is 20.1. The molecule has 12 heteroatoms. The molecule has 0 amide bonds. The Labute approximate surface area is 157 Å². The van der Waals surface area contributed by atoms with Crippen molar-refractivity contribution in [1.82, 2.24) is 0 Å². The number of rotatable bonds is 6. The number of nitro benzene ring substituents is 2. The second-order valence-corrected chi connectivity index (χ2v) is 5.66. The normalized spacial score (nSPS) is 11.1. The van der Waals surface area contributed by atoms with E-state index in [9.17, 15) is 24.6 Å². The number of anilines is 2. The predicted octanol–water partition coefficient (Wildman–Crippen LogP) is 3.12. The van der Waals surface area contributed by atoms with Crippen molar-refractivity contribution in [2.75, 3.05) is 23.9 Å². The fourth-order valence-electron chi connectivity index (χ4n) is 2.12. The molecule has 0 unspecified atom stereocenters.